The Hall–Kier alpha value is -3.87. The third-order valence-corrected chi connectivity index (χ3v) is 4.79. The van der Waals surface area contributed by atoms with E-state index in [9.17, 15) is 14.4 Å². The van der Waals surface area contributed by atoms with E-state index >= 15 is 0 Å². The Morgan fingerprint density at radius 2 is 1.48 bits per heavy atom. The number of aryl methyl sites for hydroxylation is 1. The quantitative estimate of drug-likeness (QED) is 0.585. The van der Waals surface area contributed by atoms with Gasteiger partial charge in [0.25, 0.3) is 5.91 Å². The lowest BCUT2D eigenvalue weighted by atomic mass is 10.2. The summed E-state index contributed by atoms with van der Waals surface area (Å²) in [5.74, 6) is -1.18. The summed E-state index contributed by atoms with van der Waals surface area (Å²) in [6.07, 6.45) is -0.984. The lowest BCUT2D eigenvalue weighted by molar-refractivity contribution is -0.123. The maximum absolute atomic E-state index is 12.7. The van der Waals surface area contributed by atoms with Gasteiger partial charge in [-0.1, -0.05) is 18.2 Å². The van der Waals surface area contributed by atoms with Crippen LogP contribution in [0.4, 0.5) is 11.4 Å². The highest BCUT2D eigenvalue weighted by Crippen LogP contribution is 2.22. The summed E-state index contributed by atoms with van der Waals surface area (Å²) in [4.78, 5) is 36.3. The molecule has 1 aromatic heterocycles. The molecule has 0 aliphatic rings. The monoisotopic (exact) mass is 419 g/mol. The van der Waals surface area contributed by atoms with Gasteiger partial charge in [-0.3, -0.25) is 9.59 Å². The van der Waals surface area contributed by atoms with Crippen molar-refractivity contribution in [2.24, 2.45) is 0 Å². The molecule has 31 heavy (non-hydrogen) atoms. The van der Waals surface area contributed by atoms with Crippen LogP contribution in [0.1, 0.15) is 35.6 Å². The minimum absolute atomic E-state index is 0.177. The summed E-state index contributed by atoms with van der Waals surface area (Å²) < 4.78 is 7.38. The highest BCUT2D eigenvalue weighted by molar-refractivity contribution is 5.98. The second-order valence-corrected chi connectivity index (χ2v) is 7.25. The highest BCUT2D eigenvalue weighted by Gasteiger charge is 2.23. The van der Waals surface area contributed by atoms with Gasteiger partial charge in [-0.25, -0.2) is 4.79 Å². The van der Waals surface area contributed by atoms with E-state index in [2.05, 4.69) is 10.6 Å². The number of hydrogen-bond acceptors (Lipinski definition) is 4. The van der Waals surface area contributed by atoms with E-state index in [-0.39, 0.29) is 5.91 Å². The van der Waals surface area contributed by atoms with Crippen molar-refractivity contribution in [3.05, 3.63) is 77.6 Å². The van der Waals surface area contributed by atoms with Crippen molar-refractivity contribution in [3.63, 3.8) is 0 Å². The molecule has 7 heteroatoms. The lowest BCUT2D eigenvalue weighted by Crippen LogP contribution is -2.30. The summed E-state index contributed by atoms with van der Waals surface area (Å²) in [7, 11) is 0. The molecular weight excluding hydrogens is 394 g/mol. The van der Waals surface area contributed by atoms with Crippen LogP contribution in [0.3, 0.4) is 0 Å². The molecule has 1 atom stereocenters. The standard InChI is InChI=1S/C24H25N3O4/c1-15-14-22(16(2)27(15)21-8-6-5-7-9-21)24(30)31-17(3)23(29)26-20-12-10-19(11-13-20)25-18(4)28/h5-14,17H,1-4H3,(H,25,28)(H,26,29)/t17-/m1/s1. The molecule has 0 aliphatic carbocycles. The second-order valence-electron chi connectivity index (χ2n) is 7.25. The van der Waals surface area contributed by atoms with Crippen LogP contribution >= 0.6 is 0 Å². The summed E-state index contributed by atoms with van der Waals surface area (Å²) in [6, 6.07) is 18.1. The predicted molar refractivity (Wildman–Crippen MR) is 119 cm³/mol. The van der Waals surface area contributed by atoms with Crippen LogP contribution in [-0.2, 0) is 14.3 Å². The third kappa shape index (κ3) is 5.19. The molecule has 0 aliphatic heterocycles. The molecule has 2 amide bonds. The summed E-state index contributed by atoms with van der Waals surface area (Å²) in [5.41, 5.74) is 4.16. The Morgan fingerprint density at radius 1 is 0.903 bits per heavy atom. The number of anilines is 2. The van der Waals surface area contributed by atoms with E-state index in [0.717, 1.165) is 17.1 Å². The molecule has 0 radical (unpaired) electrons. The van der Waals surface area contributed by atoms with Gasteiger partial charge in [-0.15, -0.1) is 0 Å². The van der Waals surface area contributed by atoms with Crippen LogP contribution in [0.2, 0.25) is 0 Å². The number of hydrogen-bond donors (Lipinski definition) is 2. The van der Waals surface area contributed by atoms with Crippen LogP contribution in [0.25, 0.3) is 5.69 Å². The molecule has 0 saturated heterocycles. The SMILES string of the molecule is CC(=O)Nc1ccc(NC(=O)[C@@H](C)OC(=O)c2cc(C)n(-c3ccccc3)c2C)cc1. The van der Waals surface area contributed by atoms with Crippen molar-refractivity contribution in [1.82, 2.24) is 4.57 Å². The molecule has 1 heterocycles. The molecule has 7 nitrogen and oxygen atoms in total. The zero-order valence-corrected chi connectivity index (χ0v) is 17.9. The van der Waals surface area contributed by atoms with Crippen molar-refractivity contribution in [2.75, 3.05) is 10.6 Å². The third-order valence-electron chi connectivity index (χ3n) is 4.79. The molecule has 0 unspecified atom stereocenters. The van der Waals surface area contributed by atoms with Gasteiger partial charge < -0.3 is 19.9 Å². The zero-order valence-electron chi connectivity index (χ0n) is 17.9. The second kappa shape index (κ2) is 9.30. The number of ether oxygens (including phenoxy) is 1. The minimum Gasteiger partial charge on any atom is -0.449 e. The Kier molecular flexibility index (Phi) is 6.55. The Morgan fingerprint density at radius 3 is 2.06 bits per heavy atom. The first-order valence-electron chi connectivity index (χ1n) is 9.90. The van der Waals surface area contributed by atoms with Crippen LogP contribution < -0.4 is 10.6 Å². The molecule has 2 aromatic carbocycles. The molecule has 0 spiro atoms. The largest absolute Gasteiger partial charge is 0.449 e. The Bertz CT molecular complexity index is 1100. The fraction of sp³-hybridized carbons (Fsp3) is 0.208. The maximum atomic E-state index is 12.7. The number of nitrogens with zero attached hydrogens (tertiary/aromatic N) is 1. The number of rotatable bonds is 6. The number of esters is 1. The van der Waals surface area contributed by atoms with Crippen LogP contribution in [0, 0.1) is 13.8 Å². The Balaban J connectivity index is 1.66. The molecule has 160 valence electrons. The summed E-state index contributed by atoms with van der Waals surface area (Å²) >= 11 is 0. The van der Waals surface area contributed by atoms with Crippen molar-refractivity contribution in [3.8, 4) is 5.69 Å². The fourth-order valence-electron chi connectivity index (χ4n) is 3.31. The lowest BCUT2D eigenvalue weighted by Gasteiger charge is -2.14. The van der Waals surface area contributed by atoms with E-state index in [1.54, 1.807) is 30.3 Å². The van der Waals surface area contributed by atoms with Crippen LogP contribution in [-0.4, -0.2) is 28.5 Å². The fourth-order valence-corrected chi connectivity index (χ4v) is 3.31. The summed E-state index contributed by atoms with van der Waals surface area (Å²) in [5, 5.41) is 5.35. The minimum atomic E-state index is -0.984. The maximum Gasteiger partial charge on any atom is 0.340 e. The van der Waals surface area contributed by atoms with Crippen molar-refractivity contribution >= 4 is 29.2 Å². The van der Waals surface area contributed by atoms with E-state index in [0.29, 0.717) is 16.9 Å². The number of carbonyl (C=O) groups is 3. The van der Waals surface area contributed by atoms with E-state index in [1.165, 1.54) is 13.8 Å². The normalized spacial score (nSPS) is 11.5. The molecule has 0 bridgehead atoms. The van der Waals surface area contributed by atoms with Crippen LogP contribution in [0.15, 0.2) is 60.7 Å². The molecule has 3 rings (SSSR count). The van der Waals surface area contributed by atoms with E-state index < -0.39 is 18.0 Å². The predicted octanol–water partition coefficient (Wildman–Crippen LogP) is 4.24. The van der Waals surface area contributed by atoms with Gasteiger partial charge in [0.05, 0.1) is 5.56 Å². The summed E-state index contributed by atoms with van der Waals surface area (Å²) in [6.45, 7) is 6.70. The average molecular weight is 419 g/mol. The van der Waals surface area contributed by atoms with Crippen molar-refractivity contribution in [2.45, 2.75) is 33.8 Å². The van der Waals surface area contributed by atoms with Crippen LogP contribution in [0.5, 0.6) is 0 Å². The molecule has 0 fully saturated rings. The number of para-hydroxylation sites is 1. The topological polar surface area (TPSA) is 89.4 Å². The first-order chi connectivity index (χ1) is 14.8. The number of carbonyl (C=O) groups excluding carboxylic acids is 3. The van der Waals surface area contributed by atoms with Gasteiger partial charge in [0.1, 0.15) is 0 Å². The van der Waals surface area contributed by atoms with Crippen molar-refractivity contribution in [1.29, 1.82) is 0 Å². The van der Waals surface area contributed by atoms with Gasteiger partial charge >= 0.3 is 5.97 Å². The van der Waals surface area contributed by atoms with Crippen molar-refractivity contribution < 1.29 is 19.1 Å². The Labute approximate surface area is 181 Å². The van der Waals surface area contributed by atoms with E-state index in [1.807, 2.05) is 48.7 Å². The number of amides is 2. The number of benzene rings is 2. The first-order valence-corrected chi connectivity index (χ1v) is 9.90. The van der Waals surface area contributed by atoms with Gasteiger partial charge in [0.2, 0.25) is 5.91 Å². The van der Waals surface area contributed by atoms with Gasteiger partial charge in [-0.2, -0.15) is 0 Å². The molecule has 2 N–H and O–H groups in total. The molecule has 3 aromatic rings. The number of aromatic nitrogens is 1. The van der Waals surface area contributed by atoms with Gasteiger partial charge in [0, 0.05) is 35.4 Å². The molecular formula is C24H25N3O4. The molecule has 0 saturated carbocycles. The highest BCUT2D eigenvalue weighted by atomic mass is 16.5. The van der Waals surface area contributed by atoms with Gasteiger partial charge in [0.15, 0.2) is 6.10 Å². The average Bonchev–Trinajstić information content (AvgIpc) is 3.03. The number of nitrogens with one attached hydrogen (secondary N) is 2. The first kappa shape index (κ1) is 21.8. The zero-order chi connectivity index (χ0) is 22.5. The van der Waals surface area contributed by atoms with Gasteiger partial charge in [-0.05, 0) is 63.2 Å². The smallest absolute Gasteiger partial charge is 0.340 e. The van der Waals surface area contributed by atoms with E-state index in [4.69, 9.17) is 4.74 Å².